The summed E-state index contributed by atoms with van der Waals surface area (Å²) in [5, 5.41) is 16.3. The molecule has 1 saturated carbocycles. The van der Waals surface area contributed by atoms with Crippen LogP contribution in [0.5, 0.6) is 0 Å². The lowest BCUT2D eigenvalue weighted by molar-refractivity contribution is -0.145. The van der Waals surface area contributed by atoms with Gasteiger partial charge >= 0.3 is 12.4 Å². The molecule has 1 aromatic heterocycles. The van der Waals surface area contributed by atoms with Crippen molar-refractivity contribution in [3.8, 4) is 0 Å². The van der Waals surface area contributed by atoms with E-state index in [9.17, 15) is 40.6 Å². The second-order valence-corrected chi connectivity index (χ2v) is 10.6. The second kappa shape index (κ2) is 11.0. The fraction of sp³-hybridized carbons (Fsp3) is 0.276. The average molecular weight is 628 g/mol. The third-order valence-corrected chi connectivity index (χ3v) is 7.78. The van der Waals surface area contributed by atoms with Crippen LogP contribution in [0, 0.1) is 22.3 Å². The molecule has 1 N–H and O–H groups in total. The highest BCUT2D eigenvalue weighted by Crippen LogP contribution is 2.54. The summed E-state index contributed by atoms with van der Waals surface area (Å²) in [5.41, 5.74) is -7.86. The van der Waals surface area contributed by atoms with Gasteiger partial charge in [0.15, 0.2) is 0 Å². The van der Waals surface area contributed by atoms with Gasteiger partial charge in [-0.05, 0) is 72.9 Å². The fourth-order valence-electron chi connectivity index (χ4n) is 5.23. The molecule has 0 radical (unpaired) electrons. The van der Waals surface area contributed by atoms with Crippen LogP contribution in [0.1, 0.15) is 51.4 Å². The number of nitrogens with zero attached hydrogens (tertiary/aromatic N) is 3. The number of carbonyl (C=O) groups is 1. The van der Waals surface area contributed by atoms with Gasteiger partial charge in [-0.15, -0.1) is 0 Å². The van der Waals surface area contributed by atoms with Gasteiger partial charge in [0.1, 0.15) is 23.6 Å². The number of benzene rings is 3. The minimum atomic E-state index is -5.55. The minimum Gasteiger partial charge on any atom is -0.382 e. The van der Waals surface area contributed by atoms with Crippen molar-refractivity contribution in [1.82, 2.24) is 14.3 Å². The molecule has 4 aromatic rings. The second-order valence-electron chi connectivity index (χ2n) is 10.3. The zero-order valence-corrected chi connectivity index (χ0v) is 22.6. The SMILES string of the molecule is O=C(c1ccccc1)n1cnn(CC(O)(c2cc(C(F)(F)F)cc(C(F)(F)F)c2F)C(c2ccc(F)cc2)C2CC2)c1=S. The predicted octanol–water partition coefficient (Wildman–Crippen LogP) is 7.50. The summed E-state index contributed by atoms with van der Waals surface area (Å²) in [4.78, 5) is 13.0. The molecule has 1 aliphatic carbocycles. The maximum atomic E-state index is 15.8. The van der Waals surface area contributed by atoms with Crippen molar-refractivity contribution < 1.29 is 45.0 Å². The third kappa shape index (κ3) is 5.98. The lowest BCUT2D eigenvalue weighted by Crippen LogP contribution is -2.41. The van der Waals surface area contributed by atoms with Gasteiger partial charge in [0.25, 0.3) is 5.91 Å². The molecular weight excluding hydrogens is 606 g/mol. The van der Waals surface area contributed by atoms with Crippen LogP contribution in [-0.4, -0.2) is 25.4 Å². The predicted molar refractivity (Wildman–Crippen MR) is 139 cm³/mol. The van der Waals surface area contributed by atoms with E-state index in [4.69, 9.17) is 12.2 Å². The fourth-order valence-corrected chi connectivity index (χ4v) is 5.47. The monoisotopic (exact) mass is 627 g/mol. The first kappa shape index (κ1) is 30.5. The molecule has 226 valence electrons. The smallest absolute Gasteiger partial charge is 0.382 e. The van der Waals surface area contributed by atoms with Gasteiger partial charge in [0.2, 0.25) is 4.77 Å². The molecule has 2 unspecified atom stereocenters. The van der Waals surface area contributed by atoms with E-state index in [1.54, 1.807) is 18.2 Å². The van der Waals surface area contributed by atoms with Crippen LogP contribution in [0.15, 0.2) is 73.1 Å². The summed E-state index contributed by atoms with van der Waals surface area (Å²) in [7, 11) is 0. The molecule has 43 heavy (non-hydrogen) atoms. The molecule has 1 aliphatic rings. The summed E-state index contributed by atoms with van der Waals surface area (Å²) >= 11 is 5.35. The minimum absolute atomic E-state index is 0.138. The largest absolute Gasteiger partial charge is 0.419 e. The van der Waals surface area contributed by atoms with E-state index in [0.29, 0.717) is 12.8 Å². The summed E-state index contributed by atoms with van der Waals surface area (Å²) in [6, 6.07) is 12.0. The van der Waals surface area contributed by atoms with Crippen LogP contribution in [0.2, 0.25) is 0 Å². The number of alkyl halides is 6. The highest BCUT2D eigenvalue weighted by atomic mass is 32.1. The number of carbonyl (C=O) groups excluding carboxylic acids is 1. The molecular formula is C29H21F8N3O2S. The summed E-state index contributed by atoms with van der Waals surface area (Å²) in [6.45, 7) is -0.936. The Hall–Kier alpha value is -3.91. The highest BCUT2D eigenvalue weighted by Gasteiger charge is 2.52. The van der Waals surface area contributed by atoms with Crippen molar-refractivity contribution in [2.75, 3.05) is 0 Å². The number of aromatic nitrogens is 3. The standard InChI is InChI=1S/C29H21F8N3O2S/c30-20-10-8-17(9-11-20)23(16-6-7-16)27(42,21-12-19(28(32,33)34)13-22(24(21)31)29(35,36)37)14-40-26(43)39(15-38-40)25(41)18-4-2-1-3-5-18/h1-5,8-13,15-16,23,42H,6-7,14H2. The van der Waals surface area contributed by atoms with E-state index in [-0.39, 0.29) is 28.0 Å². The van der Waals surface area contributed by atoms with Gasteiger partial charge < -0.3 is 5.11 Å². The zero-order chi connectivity index (χ0) is 31.3. The van der Waals surface area contributed by atoms with Gasteiger partial charge in [-0.2, -0.15) is 31.4 Å². The van der Waals surface area contributed by atoms with Gasteiger partial charge in [-0.3, -0.25) is 4.79 Å². The van der Waals surface area contributed by atoms with E-state index in [1.165, 1.54) is 24.3 Å². The van der Waals surface area contributed by atoms with Crippen molar-refractivity contribution in [3.05, 3.63) is 117 Å². The Morgan fingerprint density at radius 3 is 2.09 bits per heavy atom. The van der Waals surface area contributed by atoms with Crippen LogP contribution in [0.3, 0.4) is 0 Å². The quantitative estimate of drug-likeness (QED) is 0.170. The Morgan fingerprint density at radius 2 is 1.53 bits per heavy atom. The van der Waals surface area contributed by atoms with E-state index >= 15 is 4.39 Å². The van der Waals surface area contributed by atoms with Crippen molar-refractivity contribution in [1.29, 1.82) is 0 Å². The molecule has 5 rings (SSSR count). The van der Waals surface area contributed by atoms with Crippen molar-refractivity contribution >= 4 is 18.1 Å². The molecule has 2 atom stereocenters. The van der Waals surface area contributed by atoms with Gasteiger partial charge in [-0.1, -0.05) is 30.3 Å². The molecule has 0 saturated heterocycles. The molecule has 1 heterocycles. The normalized spacial score (nSPS) is 16.1. The molecule has 0 spiro atoms. The molecule has 0 amide bonds. The number of rotatable bonds is 7. The molecule has 3 aromatic carbocycles. The molecule has 0 bridgehead atoms. The van der Waals surface area contributed by atoms with Crippen LogP contribution in [0.25, 0.3) is 0 Å². The average Bonchev–Trinajstić information content (AvgIpc) is 3.71. The maximum absolute atomic E-state index is 15.8. The van der Waals surface area contributed by atoms with E-state index in [0.717, 1.165) is 27.7 Å². The van der Waals surface area contributed by atoms with E-state index < -0.39 is 70.6 Å². The third-order valence-electron chi connectivity index (χ3n) is 7.37. The van der Waals surface area contributed by atoms with Crippen LogP contribution >= 0.6 is 12.2 Å². The number of aliphatic hydroxyl groups is 1. The first-order valence-electron chi connectivity index (χ1n) is 12.8. The zero-order valence-electron chi connectivity index (χ0n) is 21.8. The van der Waals surface area contributed by atoms with Crippen molar-refractivity contribution in [2.45, 2.75) is 43.3 Å². The Balaban J connectivity index is 1.74. The molecule has 1 fully saturated rings. The summed E-state index contributed by atoms with van der Waals surface area (Å²) in [5.74, 6) is -5.29. The van der Waals surface area contributed by atoms with Gasteiger partial charge in [0.05, 0.1) is 17.7 Å². The Morgan fingerprint density at radius 1 is 0.930 bits per heavy atom. The topological polar surface area (TPSA) is 60.0 Å². The number of hydrogen-bond donors (Lipinski definition) is 1. The molecule has 14 heteroatoms. The summed E-state index contributed by atoms with van der Waals surface area (Å²) < 4.78 is 114. The maximum Gasteiger partial charge on any atom is 0.419 e. The highest BCUT2D eigenvalue weighted by molar-refractivity contribution is 7.71. The summed E-state index contributed by atoms with van der Waals surface area (Å²) in [6.07, 6.45) is -9.13. The first-order valence-corrected chi connectivity index (χ1v) is 13.2. The van der Waals surface area contributed by atoms with Crippen molar-refractivity contribution in [2.24, 2.45) is 5.92 Å². The number of halogens is 8. The van der Waals surface area contributed by atoms with Crippen molar-refractivity contribution in [3.63, 3.8) is 0 Å². The number of hydrogen-bond acceptors (Lipinski definition) is 4. The van der Waals surface area contributed by atoms with Crippen LogP contribution in [-0.2, 0) is 24.5 Å². The Kier molecular flexibility index (Phi) is 7.80. The van der Waals surface area contributed by atoms with E-state index in [2.05, 4.69) is 5.10 Å². The Labute approximate surface area is 244 Å². The van der Waals surface area contributed by atoms with Gasteiger partial charge in [0, 0.05) is 17.0 Å². The first-order chi connectivity index (χ1) is 20.1. The lowest BCUT2D eigenvalue weighted by atomic mass is 9.73. The Bertz CT molecular complexity index is 1710. The van der Waals surface area contributed by atoms with Crippen LogP contribution < -0.4 is 0 Å². The molecule has 0 aliphatic heterocycles. The lowest BCUT2D eigenvalue weighted by Gasteiger charge is -2.38. The van der Waals surface area contributed by atoms with Crippen LogP contribution in [0.4, 0.5) is 35.1 Å². The molecule has 5 nitrogen and oxygen atoms in total. The van der Waals surface area contributed by atoms with Gasteiger partial charge in [-0.25, -0.2) is 18.0 Å². The van der Waals surface area contributed by atoms with E-state index in [1.807, 2.05) is 0 Å².